The first-order valence-corrected chi connectivity index (χ1v) is 8.95. The lowest BCUT2D eigenvalue weighted by Gasteiger charge is -2.43. The van der Waals surface area contributed by atoms with Crippen molar-refractivity contribution in [1.82, 2.24) is 10.2 Å². The van der Waals surface area contributed by atoms with Crippen molar-refractivity contribution in [2.45, 2.75) is 44.6 Å². The highest BCUT2D eigenvalue weighted by atomic mass is 35.5. The van der Waals surface area contributed by atoms with Crippen LogP contribution in [0.3, 0.4) is 0 Å². The average molecular weight is 349 g/mol. The molecule has 1 N–H and O–H groups in total. The first-order valence-electron chi connectivity index (χ1n) is 8.57. The maximum Gasteiger partial charge on any atom is 0.287 e. The van der Waals surface area contributed by atoms with Crippen LogP contribution in [0, 0.1) is 6.92 Å². The van der Waals surface area contributed by atoms with Crippen LogP contribution >= 0.6 is 11.6 Å². The molecule has 0 atom stereocenters. The number of nitrogens with one attached hydrogen (secondary N) is 1. The van der Waals surface area contributed by atoms with Gasteiger partial charge in [0.1, 0.15) is 5.58 Å². The summed E-state index contributed by atoms with van der Waals surface area (Å²) in [7, 11) is 4.21. The fraction of sp³-hybridized carbons (Fsp3) is 0.526. The molecular formula is C19H25ClN2O2. The summed E-state index contributed by atoms with van der Waals surface area (Å²) in [5, 5.41) is 4.64. The Labute approximate surface area is 148 Å². The Morgan fingerprint density at radius 1 is 1.29 bits per heavy atom. The van der Waals surface area contributed by atoms with Crippen molar-refractivity contribution in [2.75, 3.05) is 20.6 Å². The van der Waals surface area contributed by atoms with Crippen LogP contribution in [0.5, 0.6) is 0 Å². The molecule has 0 bridgehead atoms. The van der Waals surface area contributed by atoms with Gasteiger partial charge in [-0.25, -0.2) is 0 Å². The zero-order chi connectivity index (χ0) is 17.3. The van der Waals surface area contributed by atoms with Crippen molar-refractivity contribution in [3.8, 4) is 0 Å². The summed E-state index contributed by atoms with van der Waals surface area (Å²) < 4.78 is 5.76. The molecule has 1 fully saturated rings. The number of benzene rings is 1. The van der Waals surface area contributed by atoms with Gasteiger partial charge in [-0.05, 0) is 52.1 Å². The van der Waals surface area contributed by atoms with Crippen molar-refractivity contribution in [3.63, 3.8) is 0 Å². The van der Waals surface area contributed by atoms with E-state index in [9.17, 15) is 4.79 Å². The number of carbonyl (C=O) groups excluding carboxylic acids is 1. The number of likely N-dealkylation sites (N-methyl/N-ethyl adjacent to an activating group) is 1. The molecule has 1 saturated carbocycles. The van der Waals surface area contributed by atoms with Crippen LogP contribution < -0.4 is 5.32 Å². The Kier molecular flexibility index (Phi) is 4.88. The number of halogens is 1. The van der Waals surface area contributed by atoms with Gasteiger partial charge in [0.2, 0.25) is 0 Å². The van der Waals surface area contributed by atoms with E-state index >= 15 is 0 Å². The zero-order valence-electron chi connectivity index (χ0n) is 14.6. The molecule has 0 unspecified atom stereocenters. The Hall–Kier alpha value is -1.52. The van der Waals surface area contributed by atoms with Crippen LogP contribution in [0.4, 0.5) is 0 Å². The van der Waals surface area contributed by atoms with Crippen LogP contribution in [0.25, 0.3) is 11.0 Å². The summed E-state index contributed by atoms with van der Waals surface area (Å²) >= 11 is 6.05. The first kappa shape index (κ1) is 17.3. The molecule has 0 aliphatic heterocycles. The summed E-state index contributed by atoms with van der Waals surface area (Å²) in [6.45, 7) is 2.55. The van der Waals surface area contributed by atoms with E-state index in [0.29, 0.717) is 22.9 Å². The number of furan rings is 1. The average Bonchev–Trinajstić information content (AvgIpc) is 2.90. The van der Waals surface area contributed by atoms with Crippen LogP contribution in [-0.2, 0) is 0 Å². The molecule has 5 heteroatoms. The Bertz CT molecular complexity index is 745. The zero-order valence-corrected chi connectivity index (χ0v) is 15.4. The maximum atomic E-state index is 12.7. The van der Waals surface area contributed by atoms with Gasteiger partial charge in [0, 0.05) is 28.1 Å². The molecule has 3 rings (SSSR count). The Morgan fingerprint density at radius 2 is 2.00 bits per heavy atom. The second kappa shape index (κ2) is 6.77. The van der Waals surface area contributed by atoms with E-state index in [2.05, 4.69) is 24.3 Å². The van der Waals surface area contributed by atoms with E-state index < -0.39 is 0 Å². The number of fused-ring (bicyclic) bond motifs is 1. The maximum absolute atomic E-state index is 12.7. The molecule has 0 radical (unpaired) electrons. The molecule has 0 saturated heterocycles. The van der Waals surface area contributed by atoms with Crippen LogP contribution in [0.2, 0.25) is 5.02 Å². The quantitative estimate of drug-likeness (QED) is 0.891. The molecule has 24 heavy (non-hydrogen) atoms. The molecule has 1 aromatic carbocycles. The third-order valence-corrected chi connectivity index (χ3v) is 5.65. The first-order chi connectivity index (χ1) is 11.4. The number of rotatable bonds is 4. The number of carbonyl (C=O) groups is 1. The standard InChI is InChI=1S/C19H25ClN2O2/c1-13-15-11-14(20)7-8-16(15)24-17(13)18(23)21-12-19(22(2)3)9-5-4-6-10-19/h7-8,11H,4-6,9-10,12H2,1-3H3,(H,21,23). The predicted octanol–water partition coefficient (Wildman–Crippen LogP) is 4.39. The van der Waals surface area contributed by atoms with E-state index in [1.54, 1.807) is 6.07 Å². The molecule has 4 nitrogen and oxygen atoms in total. The van der Waals surface area contributed by atoms with Crippen molar-refractivity contribution in [2.24, 2.45) is 0 Å². The minimum Gasteiger partial charge on any atom is -0.451 e. The molecule has 1 heterocycles. The number of aryl methyl sites for hydroxylation is 1. The van der Waals surface area contributed by atoms with Crippen LogP contribution in [0.15, 0.2) is 22.6 Å². The number of hydrogen-bond donors (Lipinski definition) is 1. The summed E-state index contributed by atoms with van der Waals surface area (Å²) in [5.74, 6) is 0.239. The van der Waals surface area contributed by atoms with Gasteiger partial charge in [0.15, 0.2) is 5.76 Å². The van der Waals surface area contributed by atoms with Crippen molar-refractivity contribution in [1.29, 1.82) is 0 Å². The van der Waals surface area contributed by atoms with E-state index in [1.807, 2.05) is 19.1 Å². The highest BCUT2D eigenvalue weighted by molar-refractivity contribution is 6.31. The highest BCUT2D eigenvalue weighted by Gasteiger charge is 2.35. The lowest BCUT2D eigenvalue weighted by molar-refractivity contribution is 0.0780. The van der Waals surface area contributed by atoms with Gasteiger partial charge < -0.3 is 14.6 Å². The second-order valence-electron chi connectivity index (χ2n) is 7.06. The van der Waals surface area contributed by atoms with Gasteiger partial charge >= 0.3 is 0 Å². The van der Waals surface area contributed by atoms with Gasteiger partial charge in [-0.1, -0.05) is 30.9 Å². The molecule has 1 aliphatic carbocycles. The minimum absolute atomic E-state index is 0.0527. The fourth-order valence-electron chi connectivity index (χ4n) is 3.73. The largest absolute Gasteiger partial charge is 0.451 e. The van der Waals surface area contributed by atoms with Gasteiger partial charge in [0.05, 0.1) is 0 Å². The minimum atomic E-state index is -0.147. The van der Waals surface area contributed by atoms with Gasteiger partial charge in [-0.2, -0.15) is 0 Å². The molecule has 2 aromatic rings. The lowest BCUT2D eigenvalue weighted by Crippen LogP contribution is -2.53. The summed E-state index contributed by atoms with van der Waals surface area (Å²) in [5.41, 5.74) is 1.59. The predicted molar refractivity (Wildman–Crippen MR) is 97.8 cm³/mol. The van der Waals surface area contributed by atoms with Gasteiger partial charge in [-0.3, -0.25) is 4.79 Å². The van der Waals surface area contributed by atoms with Crippen molar-refractivity contribution >= 4 is 28.5 Å². The Balaban J connectivity index is 1.78. The van der Waals surface area contributed by atoms with E-state index in [1.165, 1.54) is 19.3 Å². The van der Waals surface area contributed by atoms with Crippen LogP contribution in [-0.4, -0.2) is 37.0 Å². The SMILES string of the molecule is Cc1c(C(=O)NCC2(N(C)C)CCCCC2)oc2ccc(Cl)cc12. The van der Waals surface area contributed by atoms with Gasteiger partial charge in [-0.15, -0.1) is 0 Å². The topological polar surface area (TPSA) is 45.5 Å². The second-order valence-corrected chi connectivity index (χ2v) is 7.50. The molecule has 1 amide bonds. The number of amides is 1. The monoisotopic (exact) mass is 348 g/mol. The summed E-state index contributed by atoms with van der Waals surface area (Å²) in [6.07, 6.45) is 5.96. The smallest absolute Gasteiger partial charge is 0.287 e. The van der Waals surface area contributed by atoms with Crippen LogP contribution in [0.1, 0.15) is 48.2 Å². The normalized spacial score (nSPS) is 17.4. The molecule has 130 valence electrons. The van der Waals surface area contributed by atoms with E-state index in [-0.39, 0.29) is 11.4 Å². The molecule has 1 aromatic heterocycles. The van der Waals surface area contributed by atoms with E-state index in [0.717, 1.165) is 23.8 Å². The number of hydrogen-bond acceptors (Lipinski definition) is 3. The molecule has 0 spiro atoms. The number of nitrogens with zero attached hydrogens (tertiary/aromatic N) is 1. The van der Waals surface area contributed by atoms with E-state index in [4.69, 9.17) is 16.0 Å². The van der Waals surface area contributed by atoms with Crippen molar-refractivity contribution < 1.29 is 9.21 Å². The molecule has 1 aliphatic rings. The van der Waals surface area contributed by atoms with Gasteiger partial charge in [0.25, 0.3) is 5.91 Å². The third kappa shape index (κ3) is 3.17. The summed E-state index contributed by atoms with van der Waals surface area (Å²) in [6, 6.07) is 5.43. The highest BCUT2D eigenvalue weighted by Crippen LogP contribution is 2.32. The molecular weight excluding hydrogens is 324 g/mol. The third-order valence-electron chi connectivity index (χ3n) is 5.42. The lowest BCUT2D eigenvalue weighted by atomic mass is 9.80. The summed E-state index contributed by atoms with van der Waals surface area (Å²) in [4.78, 5) is 14.9. The van der Waals surface area contributed by atoms with Crippen molar-refractivity contribution in [3.05, 3.63) is 34.5 Å². The Morgan fingerprint density at radius 3 is 2.67 bits per heavy atom. The fourth-order valence-corrected chi connectivity index (χ4v) is 3.90.